The SMILES string of the molecule is COc1ccc(-n2c(SCC(=O)Nc3cccc(C)c3)nnc2-c2cccnc2)cc1. The van der Waals surface area contributed by atoms with E-state index >= 15 is 0 Å². The number of carbonyl (C=O) groups is 1. The highest BCUT2D eigenvalue weighted by molar-refractivity contribution is 7.99. The van der Waals surface area contributed by atoms with E-state index in [-0.39, 0.29) is 11.7 Å². The fourth-order valence-electron chi connectivity index (χ4n) is 3.06. The van der Waals surface area contributed by atoms with Gasteiger partial charge in [-0.25, -0.2) is 0 Å². The van der Waals surface area contributed by atoms with E-state index in [2.05, 4.69) is 20.5 Å². The molecule has 0 aliphatic heterocycles. The van der Waals surface area contributed by atoms with Gasteiger partial charge < -0.3 is 10.1 Å². The third-order valence-electron chi connectivity index (χ3n) is 4.52. The van der Waals surface area contributed by atoms with Crippen molar-refractivity contribution >= 4 is 23.4 Å². The standard InChI is InChI=1S/C23H21N5O2S/c1-16-5-3-7-18(13-16)25-21(29)15-31-23-27-26-22(17-6-4-12-24-14-17)28(23)19-8-10-20(30-2)11-9-19/h3-14H,15H2,1-2H3,(H,25,29). The van der Waals surface area contributed by atoms with Crippen LogP contribution in [-0.4, -0.2) is 38.5 Å². The molecule has 4 aromatic rings. The van der Waals surface area contributed by atoms with Crippen LogP contribution < -0.4 is 10.1 Å². The molecule has 0 bridgehead atoms. The van der Waals surface area contributed by atoms with E-state index < -0.39 is 0 Å². The lowest BCUT2D eigenvalue weighted by Crippen LogP contribution is -2.14. The van der Waals surface area contributed by atoms with Crippen LogP contribution in [0, 0.1) is 6.92 Å². The van der Waals surface area contributed by atoms with Gasteiger partial charge in [-0.3, -0.25) is 14.3 Å². The maximum absolute atomic E-state index is 12.5. The van der Waals surface area contributed by atoms with Crippen molar-refractivity contribution in [2.45, 2.75) is 12.1 Å². The number of ether oxygens (including phenoxy) is 1. The minimum absolute atomic E-state index is 0.109. The molecule has 31 heavy (non-hydrogen) atoms. The summed E-state index contributed by atoms with van der Waals surface area (Å²) in [6.45, 7) is 1.99. The van der Waals surface area contributed by atoms with Crippen LogP contribution in [0.2, 0.25) is 0 Å². The molecule has 0 atom stereocenters. The molecule has 1 amide bonds. The Morgan fingerprint density at radius 3 is 2.65 bits per heavy atom. The fraction of sp³-hybridized carbons (Fsp3) is 0.130. The van der Waals surface area contributed by atoms with Gasteiger partial charge in [0.05, 0.1) is 12.9 Å². The van der Waals surface area contributed by atoms with E-state index in [1.165, 1.54) is 11.8 Å². The summed E-state index contributed by atoms with van der Waals surface area (Å²) < 4.78 is 7.18. The van der Waals surface area contributed by atoms with Crippen molar-refractivity contribution in [3.05, 3.63) is 78.6 Å². The number of thioether (sulfide) groups is 1. The molecule has 2 aromatic heterocycles. The summed E-state index contributed by atoms with van der Waals surface area (Å²) in [5.74, 6) is 1.50. The number of amides is 1. The molecule has 0 spiro atoms. The van der Waals surface area contributed by atoms with Gasteiger partial charge in [-0.15, -0.1) is 10.2 Å². The molecule has 0 fully saturated rings. The highest BCUT2D eigenvalue weighted by Gasteiger charge is 2.17. The molecule has 8 heteroatoms. The normalized spacial score (nSPS) is 10.6. The van der Waals surface area contributed by atoms with Crippen LogP contribution in [0.4, 0.5) is 5.69 Å². The number of rotatable bonds is 7. The fourth-order valence-corrected chi connectivity index (χ4v) is 3.81. The van der Waals surface area contributed by atoms with E-state index in [1.54, 1.807) is 19.5 Å². The Morgan fingerprint density at radius 1 is 1.10 bits per heavy atom. The summed E-state index contributed by atoms with van der Waals surface area (Å²) in [6, 6.07) is 19.1. The summed E-state index contributed by atoms with van der Waals surface area (Å²) in [6.07, 6.45) is 3.45. The topological polar surface area (TPSA) is 81.9 Å². The Bertz CT molecular complexity index is 1180. The predicted octanol–water partition coefficient (Wildman–Crippen LogP) is 4.38. The smallest absolute Gasteiger partial charge is 0.234 e. The van der Waals surface area contributed by atoms with Gasteiger partial charge in [0.1, 0.15) is 5.75 Å². The van der Waals surface area contributed by atoms with Gasteiger partial charge in [0.15, 0.2) is 11.0 Å². The molecule has 7 nitrogen and oxygen atoms in total. The highest BCUT2D eigenvalue weighted by atomic mass is 32.2. The molecule has 2 aromatic carbocycles. The second-order valence-electron chi connectivity index (χ2n) is 6.79. The number of carbonyl (C=O) groups excluding carboxylic acids is 1. The van der Waals surface area contributed by atoms with Gasteiger partial charge >= 0.3 is 0 Å². The summed E-state index contributed by atoms with van der Waals surface area (Å²) in [4.78, 5) is 16.7. The molecular formula is C23H21N5O2S. The number of nitrogens with zero attached hydrogens (tertiary/aromatic N) is 4. The first-order valence-corrected chi connectivity index (χ1v) is 10.6. The average molecular weight is 432 g/mol. The minimum Gasteiger partial charge on any atom is -0.497 e. The maximum atomic E-state index is 12.5. The van der Waals surface area contributed by atoms with Crippen LogP contribution in [0.5, 0.6) is 5.75 Å². The maximum Gasteiger partial charge on any atom is 0.234 e. The van der Waals surface area contributed by atoms with Gasteiger partial charge in [-0.2, -0.15) is 0 Å². The molecule has 1 N–H and O–H groups in total. The lowest BCUT2D eigenvalue weighted by Gasteiger charge is -2.11. The number of hydrogen-bond acceptors (Lipinski definition) is 6. The molecule has 156 valence electrons. The largest absolute Gasteiger partial charge is 0.497 e. The minimum atomic E-state index is -0.109. The first-order chi connectivity index (χ1) is 15.1. The Morgan fingerprint density at radius 2 is 1.94 bits per heavy atom. The van der Waals surface area contributed by atoms with Gasteiger partial charge in [0, 0.05) is 29.3 Å². The summed E-state index contributed by atoms with van der Waals surface area (Å²) in [5, 5.41) is 12.2. The average Bonchev–Trinajstić information content (AvgIpc) is 3.22. The molecular weight excluding hydrogens is 410 g/mol. The first kappa shape index (κ1) is 20.6. The molecule has 0 saturated heterocycles. The van der Waals surface area contributed by atoms with E-state index in [9.17, 15) is 4.79 Å². The van der Waals surface area contributed by atoms with Crippen molar-refractivity contribution in [2.24, 2.45) is 0 Å². The highest BCUT2D eigenvalue weighted by Crippen LogP contribution is 2.28. The number of aryl methyl sites for hydroxylation is 1. The van der Waals surface area contributed by atoms with Crippen LogP contribution in [-0.2, 0) is 4.79 Å². The molecule has 0 radical (unpaired) electrons. The zero-order chi connectivity index (χ0) is 21.6. The van der Waals surface area contributed by atoms with E-state index in [4.69, 9.17) is 4.74 Å². The van der Waals surface area contributed by atoms with Crippen molar-refractivity contribution in [1.82, 2.24) is 19.7 Å². The number of pyridine rings is 1. The molecule has 0 unspecified atom stereocenters. The lowest BCUT2D eigenvalue weighted by molar-refractivity contribution is -0.113. The monoisotopic (exact) mass is 431 g/mol. The van der Waals surface area contributed by atoms with Crippen LogP contribution in [0.15, 0.2) is 78.2 Å². The Labute approximate surface area is 184 Å². The van der Waals surface area contributed by atoms with Crippen LogP contribution in [0.1, 0.15) is 5.56 Å². The van der Waals surface area contributed by atoms with Gasteiger partial charge in [0.25, 0.3) is 0 Å². The number of methoxy groups -OCH3 is 1. The van der Waals surface area contributed by atoms with Gasteiger partial charge in [-0.05, 0) is 61.0 Å². The third-order valence-corrected chi connectivity index (χ3v) is 5.45. The van der Waals surface area contributed by atoms with E-state index in [1.807, 2.05) is 72.2 Å². The number of nitrogens with one attached hydrogen (secondary N) is 1. The van der Waals surface area contributed by atoms with Crippen LogP contribution >= 0.6 is 11.8 Å². The number of anilines is 1. The number of benzene rings is 2. The van der Waals surface area contributed by atoms with Crippen molar-refractivity contribution in [3.63, 3.8) is 0 Å². The Hall–Kier alpha value is -3.65. The van der Waals surface area contributed by atoms with E-state index in [0.29, 0.717) is 11.0 Å². The number of aromatic nitrogens is 4. The lowest BCUT2D eigenvalue weighted by atomic mass is 10.2. The quantitative estimate of drug-likeness (QED) is 0.438. The van der Waals surface area contributed by atoms with Crippen LogP contribution in [0.25, 0.3) is 17.1 Å². The second kappa shape index (κ2) is 9.44. The zero-order valence-electron chi connectivity index (χ0n) is 17.1. The molecule has 4 rings (SSSR count). The summed E-state index contributed by atoms with van der Waals surface area (Å²) in [7, 11) is 1.63. The Balaban J connectivity index is 1.59. The summed E-state index contributed by atoms with van der Waals surface area (Å²) >= 11 is 1.32. The van der Waals surface area contributed by atoms with Crippen molar-refractivity contribution in [3.8, 4) is 22.8 Å². The van der Waals surface area contributed by atoms with Crippen LogP contribution in [0.3, 0.4) is 0 Å². The number of hydrogen-bond donors (Lipinski definition) is 1. The zero-order valence-corrected chi connectivity index (χ0v) is 18.0. The van der Waals surface area contributed by atoms with Gasteiger partial charge in [0.2, 0.25) is 5.91 Å². The third kappa shape index (κ3) is 4.92. The van der Waals surface area contributed by atoms with E-state index in [0.717, 1.165) is 28.3 Å². The van der Waals surface area contributed by atoms with Crippen molar-refractivity contribution < 1.29 is 9.53 Å². The van der Waals surface area contributed by atoms with Gasteiger partial charge in [-0.1, -0.05) is 23.9 Å². The van der Waals surface area contributed by atoms with Crippen molar-refractivity contribution in [2.75, 3.05) is 18.2 Å². The van der Waals surface area contributed by atoms with Crippen molar-refractivity contribution in [1.29, 1.82) is 0 Å². The second-order valence-corrected chi connectivity index (χ2v) is 7.73. The molecule has 0 saturated carbocycles. The molecule has 2 heterocycles. The molecule has 0 aliphatic carbocycles. The Kier molecular flexibility index (Phi) is 6.28. The molecule has 0 aliphatic rings. The summed E-state index contributed by atoms with van der Waals surface area (Å²) in [5.41, 5.74) is 3.57. The first-order valence-electron chi connectivity index (χ1n) is 9.63. The predicted molar refractivity (Wildman–Crippen MR) is 122 cm³/mol.